The van der Waals surface area contributed by atoms with Gasteiger partial charge in [0.25, 0.3) is 0 Å². The number of benzene rings is 1. The monoisotopic (exact) mass is 564 g/mol. The third kappa shape index (κ3) is 7.41. The molecule has 3 heterocycles. The average Bonchev–Trinajstić information content (AvgIpc) is 3.56. The number of hydrogen-bond acceptors (Lipinski definition) is 5. The topological polar surface area (TPSA) is 58.4 Å². The lowest BCUT2D eigenvalue weighted by molar-refractivity contribution is -0.137. The highest BCUT2D eigenvalue weighted by molar-refractivity contribution is 7.09. The van der Waals surface area contributed by atoms with Crippen molar-refractivity contribution in [3.63, 3.8) is 0 Å². The van der Waals surface area contributed by atoms with Crippen molar-refractivity contribution in [2.45, 2.75) is 79.7 Å². The van der Waals surface area contributed by atoms with E-state index in [1.165, 1.54) is 4.88 Å². The first-order valence-electron chi connectivity index (χ1n) is 15.3. The summed E-state index contributed by atoms with van der Waals surface area (Å²) in [5.41, 5.74) is 2.62. The van der Waals surface area contributed by atoms with Gasteiger partial charge in [-0.2, -0.15) is 0 Å². The number of amides is 1. The molecule has 0 bridgehead atoms. The van der Waals surface area contributed by atoms with Gasteiger partial charge in [-0.15, -0.1) is 11.3 Å². The predicted molar refractivity (Wildman–Crippen MR) is 166 cm³/mol. The number of Topliss-reactive ketones (excluding diaryl/α,β-unsaturated/α-hetero) is 1. The minimum atomic E-state index is -0.281. The molecular weight excluding hydrogens is 516 g/mol. The minimum Gasteiger partial charge on any atom is -0.340 e. The second kappa shape index (κ2) is 13.9. The summed E-state index contributed by atoms with van der Waals surface area (Å²) < 4.78 is 2.38. The van der Waals surface area contributed by atoms with Crippen molar-refractivity contribution >= 4 is 34.1 Å². The van der Waals surface area contributed by atoms with Gasteiger partial charge in [-0.1, -0.05) is 47.6 Å². The third-order valence-corrected chi connectivity index (χ3v) is 9.03. The van der Waals surface area contributed by atoms with Gasteiger partial charge in [0.1, 0.15) is 5.82 Å². The van der Waals surface area contributed by atoms with E-state index in [4.69, 9.17) is 4.98 Å². The summed E-state index contributed by atoms with van der Waals surface area (Å²) in [4.78, 5) is 38.0. The van der Waals surface area contributed by atoms with E-state index >= 15 is 0 Å². The molecule has 1 atom stereocenters. The molecule has 4 rings (SSSR count). The van der Waals surface area contributed by atoms with E-state index < -0.39 is 0 Å². The number of hydrogen-bond donors (Lipinski definition) is 0. The van der Waals surface area contributed by atoms with Gasteiger partial charge in [0, 0.05) is 68.0 Å². The van der Waals surface area contributed by atoms with Crippen LogP contribution in [0.5, 0.6) is 0 Å². The summed E-state index contributed by atoms with van der Waals surface area (Å²) in [7, 11) is 0. The Kier molecular flexibility index (Phi) is 10.6. The summed E-state index contributed by atoms with van der Waals surface area (Å²) in [6, 6.07) is 10.6. The van der Waals surface area contributed by atoms with Crippen molar-refractivity contribution < 1.29 is 9.59 Å². The first-order valence-corrected chi connectivity index (χ1v) is 16.2. The summed E-state index contributed by atoms with van der Waals surface area (Å²) in [6.07, 6.45) is 3.84. The fourth-order valence-corrected chi connectivity index (χ4v) is 6.89. The lowest BCUT2D eigenvalue weighted by atomic mass is 9.89. The molecule has 0 unspecified atom stereocenters. The first kappa shape index (κ1) is 30.4. The van der Waals surface area contributed by atoms with Crippen LogP contribution < -0.4 is 0 Å². The largest absolute Gasteiger partial charge is 0.340 e. The van der Waals surface area contributed by atoms with E-state index in [0.717, 1.165) is 75.3 Å². The number of nitrogens with zero attached hydrogens (tertiary/aromatic N) is 4. The Hall–Kier alpha value is -2.51. The number of rotatable bonds is 13. The molecule has 0 saturated carbocycles. The van der Waals surface area contributed by atoms with Crippen LogP contribution in [0, 0.1) is 17.8 Å². The molecule has 1 amide bonds. The van der Waals surface area contributed by atoms with Gasteiger partial charge in [0.2, 0.25) is 5.91 Å². The number of ketones is 1. The lowest BCUT2D eigenvalue weighted by Gasteiger charge is -2.37. The molecule has 218 valence electrons. The maximum absolute atomic E-state index is 13.6. The van der Waals surface area contributed by atoms with Crippen LogP contribution in [0.4, 0.5) is 0 Å². The SMILES string of the molecule is CCC(CC)n1c(Cc2cccs2)nc2cc(C(=O)C[C@@H](CC(C)C)C(=O)N3CCN(CC(C)C)CC3)ccc21. The molecule has 1 aliphatic rings. The second-order valence-electron chi connectivity index (χ2n) is 12.3. The number of imidazole rings is 1. The maximum Gasteiger partial charge on any atom is 0.226 e. The van der Waals surface area contributed by atoms with Crippen molar-refractivity contribution in [1.29, 1.82) is 0 Å². The number of thiophene rings is 1. The highest BCUT2D eigenvalue weighted by Gasteiger charge is 2.30. The van der Waals surface area contributed by atoms with Gasteiger partial charge in [-0.25, -0.2) is 4.98 Å². The van der Waals surface area contributed by atoms with Crippen molar-refractivity contribution in [1.82, 2.24) is 19.4 Å². The first-order chi connectivity index (χ1) is 19.2. The predicted octanol–water partition coefficient (Wildman–Crippen LogP) is 7.09. The lowest BCUT2D eigenvalue weighted by Crippen LogP contribution is -2.51. The van der Waals surface area contributed by atoms with Crippen LogP contribution in [0.2, 0.25) is 0 Å². The Labute approximate surface area is 244 Å². The molecule has 0 N–H and O–H groups in total. The molecule has 1 aliphatic heterocycles. The molecule has 0 radical (unpaired) electrons. The number of piperazine rings is 1. The van der Waals surface area contributed by atoms with Crippen LogP contribution in [0.15, 0.2) is 35.7 Å². The zero-order valence-electron chi connectivity index (χ0n) is 25.4. The van der Waals surface area contributed by atoms with Crippen molar-refractivity contribution in [3.8, 4) is 0 Å². The maximum atomic E-state index is 13.6. The van der Waals surface area contributed by atoms with Crippen LogP contribution >= 0.6 is 11.3 Å². The summed E-state index contributed by atoms with van der Waals surface area (Å²) in [5, 5.41) is 2.11. The van der Waals surface area contributed by atoms with Crippen LogP contribution in [-0.4, -0.2) is 63.8 Å². The molecule has 2 aromatic heterocycles. The van der Waals surface area contributed by atoms with Crippen LogP contribution in [0.25, 0.3) is 11.0 Å². The highest BCUT2D eigenvalue weighted by atomic mass is 32.1. The van der Waals surface area contributed by atoms with Gasteiger partial charge in [-0.3, -0.25) is 14.5 Å². The molecule has 3 aromatic rings. The Bertz CT molecular complexity index is 1250. The minimum absolute atomic E-state index is 0.0382. The Balaban J connectivity index is 1.53. The fourth-order valence-electron chi connectivity index (χ4n) is 6.18. The van der Waals surface area contributed by atoms with E-state index in [0.29, 0.717) is 23.4 Å². The van der Waals surface area contributed by atoms with Crippen LogP contribution in [0.1, 0.15) is 94.3 Å². The Morgan fingerprint density at radius 2 is 1.70 bits per heavy atom. The molecule has 40 heavy (non-hydrogen) atoms. The summed E-state index contributed by atoms with van der Waals surface area (Å²) in [5.74, 6) is 1.93. The van der Waals surface area contributed by atoms with Crippen molar-refractivity contribution in [2.75, 3.05) is 32.7 Å². The standard InChI is InChI=1S/C33H48N4O2S/c1-7-27(8-2)37-30-12-11-25(19-29(30)34-32(37)21-28-10-9-17-40-28)31(38)20-26(18-23(3)4)33(39)36-15-13-35(14-16-36)22-24(5)6/h9-12,17,19,23-24,26-27H,7-8,13-16,18,20-22H2,1-6H3/t26-/m1/s1. The zero-order chi connectivity index (χ0) is 28.8. The van der Waals surface area contributed by atoms with Crippen LogP contribution in [-0.2, 0) is 11.2 Å². The van der Waals surface area contributed by atoms with Gasteiger partial charge < -0.3 is 9.47 Å². The number of aromatic nitrogens is 2. The van der Waals surface area contributed by atoms with Crippen LogP contribution in [0.3, 0.4) is 0 Å². The smallest absolute Gasteiger partial charge is 0.226 e. The number of carbonyl (C=O) groups is 2. The molecule has 7 heteroatoms. The van der Waals surface area contributed by atoms with E-state index in [-0.39, 0.29) is 24.0 Å². The molecule has 1 fully saturated rings. The fraction of sp³-hybridized carbons (Fsp3) is 0.606. The van der Waals surface area contributed by atoms with E-state index in [9.17, 15) is 9.59 Å². The average molecular weight is 565 g/mol. The van der Waals surface area contributed by atoms with Gasteiger partial charge in [0.15, 0.2) is 5.78 Å². The second-order valence-corrected chi connectivity index (χ2v) is 13.3. The summed E-state index contributed by atoms with van der Waals surface area (Å²) >= 11 is 1.75. The highest BCUT2D eigenvalue weighted by Crippen LogP contribution is 2.29. The number of fused-ring (bicyclic) bond motifs is 1. The molecule has 1 saturated heterocycles. The zero-order valence-corrected chi connectivity index (χ0v) is 26.2. The van der Waals surface area contributed by atoms with Gasteiger partial charge in [-0.05, 0) is 60.7 Å². The molecule has 0 aliphatic carbocycles. The van der Waals surface area contributed by atoms with Gasteiger partial charge in [0.05, 0.1) is 11.0 Å². The Morgan fingerprint density at radius 3 is 2.30 bits per heavy atom. The van der Waals surface area contributed by atoms with Gasteiger partial charge >= 0.3 is 0 Å². The van der Waals surface area contributed by atoms with E-state index in [1.807, 2.05) is 17.0 Å². The molecule has 0 spiro atoms. The summed E-state index contributed by atoms with van der Waals surface area (Å²) in [6.45, 7) is 17.6. The van der Waals surface area contributed by atoms with E-state index in [1.54, 1.807) is 11.3 Å². The number of carbonyl (C=O) groups excluding carboxylic acids is 2. The molecule has 6 nitrogen and oxygen atoms in total. The molecular formula is C33H48N4O2S. The Morgan fingerprint density at radius 1 is 0.975 bits per heavy atom. The van der Waals surface area contributed by atoms with Crippen molar-refractivity contribution in [3.05, 3.63) is 52.0 Å². The third-order valence-electron chi connectivity index (χ3n) is 8.15. The van der Waals surface area contributed by atoms with Crippen molar-refractivity contribution in [2.24, 2.45) is 17.8 Å². The quantitative estimate of drug-likeness (QED) is 0.208. The molecule has 1 aromatic carbocycles. The van der Waals surface area contributed by atoms with E-state index in [2.05, 4.69) is 74.6 Å². The normalized spacial score (nSPS) is 15.6.